The average molecular weight is 261 g/mol. The van der Waals surface area contributed by atoms with E-state index in [1.165, 1.54) is 12.3 Å². The Hall–Kier alpha value is -1.93. The molecule has 1 heterocycles. The van der Waals surface area contributed by atoms with Gasteiger partial charge in [0, 0.05) is 6.20 Å². The lowest BCUT2D eigenvalue weighted by Crippen LogP contribution is -2.40. The van der Waals surface area contributed by atoms with E-state index in [1.807, 2.05) is 26.8 Å². The smallest absolute Gasteiger partial charge is 0.270 e. The molecular formula is C14H19N3O2. The molecule has 102 valence electrons. The first-order valence-electron chi connectivity index (χ1n) is 6.13. The molecule has 0 aliphatic rings. The maximum absolute atomic E-state index is 11.9. The molecule has 1 rings (SSSR count). The average Bonchev–Trinajstić information content (AvgIpc) is 2.36. The molecule has 0 radical (unpaired) electrons. The van der Waals surface area contributed by atoms with E-state index < -0.39 is 0 Å². The number of hydrogen-bond donors (Lipinski definition) is 2. The van der Waals surface area contributed by atoms with Gasteiger partial charge in [0.2, 0.25) is 0 Å². The Bertz CT molecular complexity index is 469. The van der Waals surface area contributed by atoms with Crippen molar-refractivity contribution in [2.75, 3.05) is 6.61 Å². The first-order valence-corrected chi connectivity index (χ1v) is 6.13. The topological polar surface area (TPSA) is 86.0 Å². The van der Waals surface area contributed by atoms with Crippen molar-refractivity contribution >= 4 is 5.91 Å². The van der Waals surface area contributed by atoms with Gasteiger partial charge >= 0.3 is 0 Å². The Morgan fingerprint density at radius 3 is 2.63 bits per heavy atom. The lowest BCUT2D eigenvalue weighted by Gasteiger charge is -2.25. The predicted octanol–water partition coefficient (Wildman–Crippen LogP) is 1.48. The van der Waals surface area contributed by atoms with Crippen molar-refractivity contribution in [3.8, 4) is 6.07 Å². The predicted molar refractivity (Wildman–Crippen MR) is 71.4 cm³/mol. The lowest BCUT2D eigenvalue weighted by molar-refractivity contribution is 0.0892. The number of nitrogens with one attached hydrogen (secondary N) is 1. The molecule has 0 aromatic carbocycles. The van der Waals surface area contributed by atoms with E-state index in [9.17, 15) is 9.90 Å². The first-order chi connectivity index (χ1) is 8.85. The summed E-state index contributed by atoms with van der Waals surface area (Å²) in [7, 11) is 0. The van der Waals surface area contributed by atoms with Gasteiger partial charge in [-0.15, -0.1) is 0 Å². The van der Waals surface area contributed by atoms with Crippen LogP contribution in [0.3, 0.4) is 0 Å². The zero-order chi connectivity index (χ0) is 14.5. The molecular weight excluding hydrogens is 242 g/mol. The summed E-state index contributed by atoms with van der Waals surface area (Å²) in [6.45, 7) is 6.02. The summed E-state index contributed by atoms with van der Waals surface area (Å²) in [4.78, 5) is 15.8. The van der Waals surface area contributed by atoms with E-state index >= 15 is 0 Å². The molecule has 5 nitrogen and oxygen atoms in total. The molecule has 0 saturated heterocycles. The fraction of sp³-hybridized carbons (Fsp3) is 0.500. The van der Waals surface area contributed by atoms with E-state index in [2.05, 4.69) is 10.3 Å². The van der Waals surface area contributed by atoms with Gasteiger partial charge in [-0.05, 0) is 24.0 Å². The minimum atomic E-state index is -0.340. The molecule has 0 fully saturated rings. The van der Waals surface area contributed by atoms with E-state index in [-0.39, 0.29) is 29.7 Å². The summed E-state index contributed by atoms with van der Waals surface area (Å²) < 4.78 is 0. The molecule has 1 amide bonds. The highest BCUT2D eigenvalue weighted by Gasteiger charge is 2.20. The number of amides is 1. The SMILES string of the molecule is CC(C)(C)CC(CO)NC(=O)c1ccc(C#N)cn1. The number of aliphatic hydroxyl groups excluding tert-OH is 1. The second-order valence-electron chi connectivity index (χ2n) is 5.66. The second-order valence-corrected chi connectivity index (χ2v) is 5.66. The molecule has 0 aliphatic carbocycles. The van der Waals surface area contributed by atoms with Gasteiger partial charge in [0.15, 0.2) is 0 Å². The molecule has 19 heavy (non-hydrogen) atoms. The number of hydrogen-bond acceptors (Lipinski definition) is 4. The van der Waals surface area contributed by atoms with Crippen molar-refractivity contribution in [3.63, 3.8) is 0 Å². The van der Waals surface area contributed by atoms with Crippen LogP contribution in [0.15, 0.2) is 18.3 Å². The van der Waals surface area contributed by atoms with Gasteiger partial charge in [0.25, 0.3) is 5.91 Å². The van der Waals surface area contributed by atoms with Gasteiger partial charge in [0.1, 0.15) is 11.8 Å². The normalized spacial score (nSPS) is 12.6. The summed E-state index contributed by atoms with van der Waals surface area (Å²) in [5.74, 6) is -0.340. The fourth-order valence-electron chi connectivity index (χ4n) is 1.75. The number of nitrogens with zero attached hydrogens (tertiary/aromatic N) is 2. The number of carbonyl (C=O) groups is 1. The number of aromatic nitrogens is 1. The third-order valence-electron chi connectivity index (χ3n) is 2.54. The van der Waals surface area contributed by atoms with Crippen LogP contribution >= 0.6 is 0 Å². The van der Waals surface area contributed by atoms with Crippen LogP contribution in [0.1, 0.15) is 43.2 Å². The number of carbonyl (C=O) groups excluding carboxylic acids is 1. The molecule has 5 heteroatoms. The summed E-state index contributed by atoms with van der Waals surface area (Å²) in [6.07, 6.45) is 2.03. The molecule has 0 spiro atoms. The second kappa shape index (κ2) is 6.30. The first kappa shape index (κ1) is 15.1. The molecule has 1 atom stereocenters. The number of pyridine rings is 1. The largest absolute Gasteiger partial charge is 0.394 e. The Kier molecular flexibility index (Phi) is 5.02. The van der Waals surface area contributed by atoms with E-state index in [4.69, 9.17) is 5.26 Å². The van der Waals surface area contributed by atoms with Crippen molar-refractivity contribution in [1.82, 2.24) is 10.3 Å². The van der Waals surface area contributed by atoms with Crippen molar-refractivity contribution in [3.05, 3.63) is 29.6 Å². The molecule has 0 aliphatic heterocycles. The highest BCUT2D eigenvalue weighted by molar-refractivity contribution is 5.92. The van der Waals surface area contributed by atoms with Crippen molar-refractivity contribution in [2.24, 2.45) is 5.41 Å². The van der Waals surface area contributed by atoms with Crippen LogP contribution in [0.2, 0.25) is 0 Å². The maximum Gasteiger partial charge on any atom is 0.270 e. The van der Waals surface area contributed by atoms with Gasteiger partial charge in [-0.3, -0.25) is 4.79 Å². The summed E-state index contributed by atoms with van der Waals surface area (Å²) in [5.41, 5.74) is 0.662. The van der Waals surface area contributed by atoms with Gasteiger partial charge in [-0.1, -0.05) is 20.8 Å². The van der Waals surface area contributed by atoms with Crippen LogP contribution in [-0.2, 0) is 0 Å². The standard InChI is InChI=1S/C14H19N3O2/c1-14(2,3)6-11(9-18)17-13(19)12-5-4-10(7-15)8-16-12/h4-5,8,11,18H,6,9H2,1-3H3,(H,17,19). The van der Waals surface area contributed by atoms with Gasteiger partial charge in [-0.25, -0.2) is 4.98 Å². The van der Waals surface area contributed by atoms with E-state index in [1.54, 1.807) is 6.07 Å². The number of nitriles is 1. The highest BCUT2D eigenvalue weighted by atomic mass is 16.3. The number of aliphatic hydroxyl groups is 1. The molecule has 1 aromatic heterocycles. The van der Waals surface area contributed by atoms with Crippen LogP contribution in [0, 0.1) is 16.7 Å². The van der Waals surface area contributed by atoms with Crippen LogP contribution < -0.4 is 5.32 Å². The third kappa shape index (κ3) is 5.06. The zero-order valence-corrected chi connectivity index (χ0v) is 11.5. The monoisotopic (exact) mass is 261 g/mol. The lowest BCUT2D eigenvalue weighted by atomic mass is 9.88. The molecule has 0 saturated carbocycles. The Balaban J connectivity index is 2.69. The maximum atomic E-state index is 11.9. The minimum absolute atomic E-state index is 0.0127. The van der Waals surface area contributed by atoms with Crippen LogP contribution in [0.4, 0.5) is 0 Å². The highest BCUT2D eigenvalue weighted by Crippen LogP contribution is 2.20. The third-order valence-corrected chi connectivity index (χ3v) is 2.54. The van der Waals surface area contributed by atoms with E-state index in [0.29, 0.717) is 12.0 Å². The summed E-state index contributed by atoms with van der Waals surface area (Å²) in [5, 5.41) is 20.7. The minimum Gasteiger partial charge on any atom is -0.394 e. The molecule has 2 N–H and O–H groups in total. The van der Waals surface area contributed by atoms with Gasteiger partial charge in [0.05, 0.1) is 18.2 Å². The van der Waals surface area contributed by atoms with Crippen LogP contribution in [0.25, 0.3) is 0 Å². The van der Waals surface area contributed by atoms with Crippen molar-refractivity contribution in [2.45, 2.75) is 33.2 Å². The Labute approximate surface area is 113 Å². The van der Waals surface area contributed by atoms with Crippen molar-refractivity contribution in [1.29, 1.82) is 5.26 Å². The zero-order valence-electron chi connectivity index (χ0n) is 11.5. The molecule has 0 bridgehead atoms. The van der Waals surface area contributed by atoms with Crippen LogP contribution in [-0.4, -0.2) is 28.6 Å². The number of rotatable bonds is 4. The summed E-state index contributed by atoms with van der Waals surface area (Å²) in [6, 6.07) is 4.68. The molecule has 1 aromatic rings. The fourth-order valence-corrected chi connectivity index (χ4v) is 1.75. The Morgan fingerprint density at radius 2 is 2.21 bits per heavy atom. The van der Waals surface area contributed by atoms with E-state index in [0.717, 1.165) is 0 Å². The van der Waals surface area contributed by atoms with Crippen LogP contribution in [0.5, 0.6) is 0 Å². The summed E-state index contributed by atoms with van der Waals surface area (Å²) >= 11 is 0. The van der Waals surface area contributed by atoms with Crippen molar-refractivity contribution < 1.29 is 9.90 Å². The van der Waals surface area contributed by atoms with Gasteiger partial charge in [-0.2, -0.15) is 5.26 Å². The quantitative estimate of drug-likeness (QED) is 0.859. The van der Waals surface area contributed by atoms with Gasteiger partial charge < -0.3 is 10.4 Å². The Morgan fingerprint density at radius 1 is 1.53 bits per heavy atom. The molecule has 1 unspecified atom stereocenters.